The van der Waals surface area contributed by atoms with Crippen LogP contribution >= 0.6 is 27.3 Å². The van der Waals surface area contributed by atoms with E-state index in [2.05, 4.69) is 26.2 Å². The van der Waals surface area contributed by atoms with Gasteiger partial charge in [0.15, 0.2) is 4.96 Å². The lowest BCUT2D eigenvalue weighted by Crippen LogP contribution is -2.32. The molecule has 1 aliphatic rings. The van der Waals surface area contributed by atoms with Crippen LogP contribution in [0.1, 0.15) is 23.5 Å². The number of rotatable bonds is 1. The number of nitrogens with one attached hydrogen (secondary N) is 1. The number of halogens is 2. The van der Waals surface area contributed by atoms with Crippen LogP contribution in [0.25, 0.3) is 4.96 Å². The van der Waals surface area contributed by atoms with Crippen LogP contribution in [0.5, 0.6) is 0 Å². The standard InChI is InChI=1S/C15H9BrFN3O2S/c16-7-1-2-10(17)8(5-7)9-6-11(21)18-13-12(9)14(22)19-15-20(13)3-4-23-15/h1-5,9H,6H2,(H,18,21). The van der Waals surface area contributed by atoms with Gasteiger partial charge in [-0.15, -0.1) is 11.3 Å². The number of nitrogens with zero attached hydrogens (tertiary/aromatic N) is 2. The second-order valence-corrected chi connectivity index (χ2v) is 6.99. The van der Waals surface area contributed by atoms with E-state index in [-0.39, 0.29) is 12.3 Å². The van der Waals surface area contributed by atoms with Crippen molar-refractivity contribution < 1.29 is 9.18 Å². The van der Waals surface area contributed by atoms with Crippen molar-refractivity contribution in [2.75, 3.05) is 5.32 Å². The summed E-state index contributed by atoms with van der Waals surface area (Å²) in [5, 5.41) is 4.50. The molecule has 0 radical (unpaired) electrons. The van der Waals surface area contributed by atoms with Gasteiger partial charge in [-0.05, 0) is 23.8 Å². The molecule has 0 fully saturated rings. The minimum absolute atomic E-state index is 0.00744. The van der Waals surface area contributed by atoms with Gasteiger partial charge in [0.2, 0.25) is 5.91 Å². The Morgan fingerprint density at radius 3 is 3.04 bits per heavy atom. The molecule has 0 bridgehead atoms. The quantitative estimate of drug-likeness (QED) is 0.690. The summed E-state index contributed by atoms with van der Waals surface area (Å²) >= 11 is 4.60. The molecule has 23 heavy (non-hydrogen) atoms. The van der Waals surface area contributed by atoms with Crippen LogP contribution in [0.3, 0.4) is 0 Å². The Morgan fingerprint density at radius 2 is 2.22 bits per heavy atom. The number of benzene rings is 1. The molecule has 3 heterocycles. The van der Waals surface area contributed by atoms with Crippen molar-refractivity contribution in [1.82, 2.24) is 9.38 Å². The zero-order chi connectivity index (χ0) is 16.1. The Bertz CT molecular complexity index is 1010. The molecule has 1 aliphatic heterocycles. The Morgan fingerprint density at radius 1 is 1.39 bits per heavy atom. The van der Waals surface area contributed by atoms with Gasteiger partial charge in [0.05, 0.1) is 5.56 Å². The average molecular weight is 394 g/mol. The number of fused-ring (bicyclic) bond motifs is 3. The molecule has 116 valence electrons. The van der Waals surface area contributed by atoms with E-state index in [1.165, 1.54) is 17.4 Å². The largest absolute Gasteiger partial charge is 0.311 e. The normalized spacial score (nSPS) is 17.1. The van der Waals surface area contributed by atoms with Crippen molar-refractivity contribution in [2.24, 2.45) is 0 Å². The van der Waals surface area contributed by atoms with Crippen LogP contribution in [-0.2, 0) is 4.79 Å². The van der Waals surface area contributed by atoms with Gasteiger partial charge < -0.3 is 5.32 Å². The van der Waals surface area contributed by atoms with Gasteiger partial charge in [-0.1, -0.05) is 15.9 Å². The smallest absolute Gasteiger partial charge is 0.279 e. The van der Waals surface area contributed by atoms with E-state index in [1.807, 2.05) is 0 Å². The predicted molar refractivity (Wildman–Crippen MR) is 88.5 cm³/mol. The second-order valence-electron chi connectivity index (χ2n) is 5.21. The highest BCUT2D eigenvalue weighted by atomic mass is 79.9. The summed E-state index contributed by atoms with van der Waals surface area (Å²) in [7, 11) is 0. The molecule has 1 atom stereocenters. The van der Waals surface area contributed by atoms with Gasteiger partial charge in [-0.25, -0.2) is 4.39 Å². The van der Waals surface area contributed by atoms with E-state index in [0.717, 1.165) is 0 Å². The Hall–Kier alpha value is -2.06. The highest BCUT2D eigenvalue weighted by molar-refractivity contribution is 9.10. The van der Waals surface area contributed by atoms with Crippen LogP contribution in [-0.4, -0.2) is 15.3 Å². The number of hydrogen-bond acceptors (Lipinski definition) is 4. The number of aromatic nitrogens is 2. The minimum atomic E-state index is -0.659. The summed E-state index contributed by atoms with van der Waals surface area (Å²) in [4.78, 5) is 29.1. The first-order valence-electron chi connectivity index (χ1n) is 6.79. The molecular formula is C15H9BrFN3O2S. The van der Waals surface area contributed by atoms with Gasteiger partial charge in [0, 0.05) is 28.4 Å². The maximum absolute atomic E-state index is 14.3. The number of hydrogen-bond donors (Lipinski definition) is 1. The van der Waals surface area contributed by atoms with Crippen molar-refractivity contribution in [3.05, 3.63) is 61.5 Å². The molecule has 5 nitrogen and oxygen atoms in total. The van der Waals surface area contributed by atoms with Crippen LogP contribution in [0.4, 0.5) is 10.2 Å². The number of carbonyl (C=O) groups excluding carboxylic acids is 1. The molecular weight excluding hydrogens is 385 g/mol. The highest BCUT2D eigenvalue weighted by Crippen LogP contribution is 2.37. The van der Waals surface area contributed by atoms with Gasteiger partial charge >= 0.3 is 0 Å². The molecule has 3 aromatic rings. The summed E-state index contributed by atoms with van der Waals surface area (Å²) in [5.41, 5.74) is 0.189. The lowest BCUT2D eigenvalue weighted by atomic mass is 9.86. The van der Waals surface area contributed by atoms with E-state index >= 15 is 0 Å². The molecule has 1 amide bonds. The van der Waals surface area contributed by atoms with E-state index in [1.54, 1.807) is 28.1 Å². The zero-order valence-electron chi connectivity index (χ0n) is 11.5. The average Bonchev–Trinajstić information content (AvgIpc) is 2.97. The lowest BCUT2D eigenvalue weighted by Gasteiger charge is -2.25. The van der Waals surface area contributed by atoms with Crippen molar-refractivity contribution in [1.29, 1.82) is 0 Å². The molecule has 8 heteroatoms. The summed E-state index contributed by atoms with van der Waals surface area (Å²) in [5.74, 6) is -0.990. The number of carbonyl (C=O) groups is 1. The predicted octanol–water partition coefficient (Wildman–Crippen LogP) is 3.13. The van der Waals surface area contributed by atoms with Crippen molar-refractivity contribution in [2.45, 2.75) is 12.3 Å². The van der Waals surface area contributed by atoms with Gasteiger partial charge in [0.1, 0.15) is 11.6 Å². The van der Waals surface area contributed by atoms with E-state index < -0.39 is 17.3 Å². The van der Waals surface area contributed by atoms with Crippen LogP contribution in [0, 0.1) is 5.82 Å². The first-order valence-corrected chi connectivity index (χ1v) is 8.46. The zero-order valence-corrected chi connectivity index (χ0v) is 13.9. The Labute approximate surface area is 141 Å². The van der Waals surface area contributed by atoms with Gasteiger partial charge in [-0.3, -0.25) is 14.0 Å². The maximum atomic E-state index is 14.3. The Kier molecular flexibility index (Phi) is 3.31. The first kappa shape index (κ1) is 14.5. The third-order valence-corrected chi connectivity index (χ3v) is 5.09. The lowest BCUT2D eigenvalue weighted by molar-refractivity contribution is -0.116. The molecule has 0 saturated heterocycles. The number of thiazole rings is 1. The molecule has 1 N–H and O–H groups in total. The fourth-order valence-electron chi connectivity index (χ4n) is 2.86. The SMILES string of the molecule is O=C1CC(c2cc(Br)ccc2F)c2c(n3ccsc3nc2=O)N1. The molecule has 0 spiro atoms. The summed E-state index contributed by atoms with van der Waals surface area (Å²) in [6.07, 6.45) is 1.73. The van der Waals surface area contributed by atoms with Crippen molar-refractivity contribution in [3.8, 4) is 0 Å². The van der Waals surface area contributed by atoms with Crippen LogP contribution < -0.4 is 10.9 Å². The topological polar surface area (TPSA) is 63.5 Å². The fourth-order valence-corrected chi connectivity index (χ4v) is 3.94. The second kappa shape index (κ2) is 5.24. The Balaban J connectivity index is 2.03. The minimum Gasteiger partial charge on any atom is -0.311 e. The van der Waals surface area contributed by atoms with Crippen molar-refractivity contribution in [3.63, 3.8) is 0 Å². The van der Waals surface area contributed by atoms with Crippen LogP contribution in [0.15, 0.2) is 39.0 Å². The molecule has 1 aromatic carbocycles. The van der Waals surface area contributed by atoms with Crippen molar-refractivity contribution >= 4 is 44.0 Å². The summed E-state index contributed by atoms with van der Waals surface area (Å²) < 4.78 is 16.6. The van der Waals surface area contributed by atoms with E-state index in [4.69, 9.17) is 0 Å². The van der Waals surface area contributed by atoms with Crippen LogP contribution in [0.2, 0.25) is 0 Å². The first-order chi connectivity index (χ1) is 11.0. The third kappa shape index (κ3) is 2.29. The van der Waals surface area contributed by atoms with E-state index in [9.17, 15) is 14.0 Å². The number of anilines is 1. The summed E-state index contributed by atoms with van der Waals surface area (Å²) in [6, 6.07) is 4.50. The third-order valence-electron chi connectivity index (χ3n) is 3.84. The highest BCUT2D eigenvalue weighted by Gasteiger charge is 2.33. The summed E-state index contributed by atoms with van der Waals surface area (Å²) in [6.45, 7) is 0. The molecule has 2 aromatic heterocycles. The fraction of sp³-hybridized carbons (Fsp3) is 0.133. The molecule has 4 rings (SSSR count). The molecule has 0 saturated carbocycles. The molecule has 0 aliphatic carbocycles. The maximum Gasteiger partial charge on any atom is 0.279 e. The monoisotopic (exact) mass is 393 g/mol. The van der Waals surface area contributed by atoms with Gasteiger partial charge in [0.25, 0.3) is 5.56 Å². The molecule has 1 unspecified atom stereocenters. The number of amides is 1. The van der Waals surface area contributed by atoms with E-state index in [0.29, 0.717) is 26.4 Å². The van der Waals surface area contributed by atoms with Gasteiger partial charge in [-0.2, -0.15) is 4.98 Å².